The van der Waals surface area contributed by atoms with Crippen LogP contribution in [0.1, 0.15) is 25.5 Å². The van der Waals surface area contributed by atoms with Crippen molar-refractivity contribution in [3.8, 4) is 0 Å². The van der Waals surface area contributed by atoms with Crippen molar-refractivity contribution in [3.63, 3.8) is 0 Å². The fourth-order valence-corrected chi connectivity index (χ4v) is 3.90. The molecule has 0 saturated carbocycles. The highest BCUT2D eigenvalue weighted by Gasteiger charge is 2.26. The molecule has 5 nitrogen and oxygen atoms in total. The highest BCUT2D eigenvalue weighted by molar-refractivity contribution is 8.14. The topological polar surface area (TPSA) is 48.8 Å². The Morgan fingerprint density at radius 1 is 1.30 bits per heavy atom. The number of piperazine rings is 1. The van der Waals surface area contributed by atoms with E-state index in [9.17, 15) is 4.79 Å². The number of thioether (sulfide) groups is 1. The summed E-state index contributed by atoms with van der Waals surface area (Å²) >= 11 is 1.86. The Bertz CT molecular complexity index is 555. The molecule has 0 aromatic carbocycles. The third kappa shape index (κ3) is 4.47. The van der Waals surface area contributed by atoms with Crippen LogP contribution in [0.3, 0.4) is 0 Å². The first-order valence-electron chi connectivity index (χ1n) is 8.36. The van der Waals surface area contributed by atoms with Crippen LogP contribution in [0.2, 0.25) is 0 Å². The summed E-state index contributed by atoms with van der Waals surface area (Å²) in [6, 6.07) is 5.93. The lowest BCUT2D eigenvalue weighted by atomic mass is 10.1. The number of hydrogen-bond acceptors (Lipinski definition) is 5. The van der Waals surface area contributed by atoms with Gasteiger partial charge in [-0.25, -0.2) is 0 Å². The fourth-order valence-electron chi connectivity index (χ4n) is 2.91. The first-order valence-corrected chi connectivity index (χ1v) is 9.24. The summed E-state index contributed by atoms with van der Waals surface area (Å²) in [5, 5.41) is 1.76. The van der Waals surface area contributed by atoms with Crippen LogP contribution in [-0.2, 0) is 11.2 Å². The molecule has 1 saturated heterocycles. The van der Waals surface area contributed by atoms with Crippen molar-refractivity contribution in [1.82, 2.24) is 14.8 Å². The number of aromatic nitrogens is 1. The van der Waals surface area contributed by atoms with Gasteiger partial charge in [-0.05, 0) is 25.0 Å². The van der Waals surface area contributed by atoms with Gasteiger partial charge in [0.15, 0.2) is 5.17 Å². The molecule has 1 amide bonds. The lowest BCUT2D eigenvalue weighted by Crippen LogP contribution is -2.49. The normalized spacial score (nSPS) is 21.4. The highest BCUT2D eigenvalue weighted by atomic mass is 32.2. The molecule has 3 heterocycles. The van der Waals surface area contributed by atoms with Crippen molar-refractivity contribution < 1.29 is 4.79 Å². The molecule has 1 aromatic rings. The van der Waals surface area contributed by atoms with Crippen molar-refractivity contribution in [3.05, 3.63) is 30.1 Å². The summed E-state index contributed by atoms with van der Waals surface area (Å²) in [6.45, 7) is 6.58. The largest absolute Gasteiger partial charge is 0.348 e. The molecule has 1 aromatic heterocycles. The minimum atomic E-state index is 0.273. The van der Waals surface area contributed by atoms with E-state index < -0.39 is 0 Å². The number of nitrogens with zero attached hydrogens (tertiary/aromatic N) is 4. The maximum Gasteiger partial charge on any atom is 0.222 e. The van der Waals surface area contributed by atoms with Gasteiger partial charge in [-0.1, -0.05) is 24.8 Å². The molecule has 6 heteroatoms. The number of carbonyl (C=O) groups excluding carboxylic acids is 1. The maximum atomic E-state index is 12.3. The van der Waals surface area contributed by atoms with Crippen molar-refractivity contribution in [2.75, 3.05) is 32.7 Å². The quantitative estimate of drug-likeness (QED) is 0.847. The van der Waals surface area contributed by atoms with Gasteiger partial charge in [0.25, 0.3) is 0 Å². The number of aliphatic imine (C=N–C) groups is 1. The van der Waals surface area contributed by atoms with Crippen LogP contribution in [0.4, 0.5) is 0 Å². The SMILES string of the molecule is CC1CN=C(N2CCN(C(=O)CCCc3ccccn3)CC2)S1. The Labute approximate surface area is 142 Å². The highest BCUT2D eigenvalue weighted by Crippen LogP contribution is 2.23. The zero-order chi connectivity index (χ0) is 16.1. The lowest BCUT2D eigenvalue weighted by molar-refractivity contribution is -0.132. The molecule has 2 aliphatic rings. The van der Waals surface area contributed by atoms with Crippen molar-refractivity contribution in [2.24, 2.45) is 4.99 Å². The number of carbonyl (C=O) groups is 1. The van der Waals surface area contributed by atoms with E-state index in [2.05, 4.69) is 21.8 Å². The zero-order valence-electron chi connectivity index (χ0n) is 13.6. The van der Waals surface area contributed by atoms with Gasteiger partial charge in [0.2, 0.25) is 5.91 Å². The van der Waals surface area contributed by atoms with Gasteiger partial charge in [0.05, 0.1) is 6.54 Å². The average Bonchev–Trinajstić information content (AvgIpc) is 3.02. The molecule has 0 bridgehead atoms. The second kappa shape index (κ2) is 7.81. The Kier molecular flexibility index (Phi) is 5.54. The zero-order valence-corrected chi connectivity index (χ0v) is 14.5. The van der Waals surface area contributed by atoms with E-state index in [4.69, 9.17) is 0 Å². The van der Waals surface area contributed by atoms with E-state index in [1.54, 1.807) is 6.20 Å². The third-order valence-electron chi connectivity index (χ3n) is 4.24. The van der Waals surface area contributed by atoms with Crippen LogP contribution in [0.15, 0.2) is 29.4 Å². The average molecular weight is 332 g/mol. The number of amides is 1. The number of rotatable bonds is 4. The molecule has 2 aliphatic heterocycles. The molecule has 124 valence electrons. The van der Waals surface area contributed by atoms with Crippen molar-refractivity contribution in [1.29, 1.82) is 0 Å². The molecule has 1 unspecified atom stereocenters. The predicted molar refractivity (Wildman–Crippen MR) is 94.7 cm³/mol. The monoisotopic (exact) mass is 332 g/mol. The fraction of sp³-hybridized carbons (Fsp3) is 0.588. The van der Waals surface area contributed by atoms with Gasteiger partial charge in [-0.3, -0.25) is 14.8 Å². The van der Waals surface area contributed by atoms with Gasteiger partial charge < -0.3 is 9.80 Å². The molecule has 0 radical (unpaired) electrons. The van der Waals surface area contributed by atoms with Crippen LogP contribution in [0.5, 0.6) is 0 Å². The standard InChI is InChI=1S/C17H24N4OS/c1-14-13-19-17(23-14)21-11-9-20(10-12-21)16(22)7-4-6-15-5-2-3-8-18-15/h2-3,5,8,14H,4,6-7,9-13H2,1H3. The van der Waals surface area contributed by atoms with Gasteiger partial charge >= 0.3 is 0 Å². The summed E-state index contributed by atoms with van der Waals surface area (Å²) in [6.07, 6.45) is 4.16. The molecule has 0 N–H and O–H groups in total. The summed E-state index contributed by atoms with van der Waals surface area (Å²) in [4.78, 5) is 25.5. The second-order valence-corrected chi connectivity index (χ2v) is 7.50. The molecule has 1 fully saturated rings. The van der Waals surface area contributed by atoms with Crippen molar-refractivity contribution in [2.45, 2.75) is 31.4 Å². The number of amidine groups is 1. The van der Waals surface area contributed by atoms with Gasteiger partial charge in [-0.15, -0.1) is 0 Å². The van der Waals surface area contributed by atoms with E-state index in [1.165, 1.54) is 5.17 Å². The van der Waals surface area contributed by atoms with Crippen molar-refractivity contribution >= 4 is 22.8 Å². The molecule has 3 rings (SSSR count). The molecular weight excluding hydrogens is 308 g/mol. The van der Waals surface area contributed by atoms with Crippen LogP contribution in [0.25, 0.3) is 0 Å². The summed E-state index contributed by atoms with van der Waals surface area (Å²) in [5.74, 6) is 0.273. The van der Waals surface area contributed by atoms with Crippen LogP contribution >= 0.6 is 11.8 Å². The van der Waals surface area contributed by atoms with Gasteiger partial charge in [0.1, 0.15) is 0 Å². The molecule has 0 aliphatic carbocycles. The first kappa shape index (κ1) is 16.3. The van der Waals surface area contributed by atoms with Gasteiger partial charge in [-0.2, -0.15) is 0 Å². The van der Waals surface area contributed by atoms with E-state index in [0.717, 1.165) is 51.3 Å². The molecular formula is C17H24N4OS. The second-order valence-electron chi connectivity index (χ2n) is 6.09. The Morgan fingerprint density at radius 2 is 2.13 bits per heavy atom. The minimum absolute atomic E-state index is 0.273. The van der Waals surface area contributed by atoms with Gasteiger partial charge in [0, 0.05) is 49.7 Å². The predicted octanol–water partition coefficient (Wildman–Crippen LogP) is 2.04. The summed E-state index contributed by atoms with van der Waals surface area (Å²) in [7, 11) is 0. The van der Waals surface area contributed by atoms with E-state index in [0.29, 0.717) is 11.7 Å². The Morgan fingerprint density at radius 3 is 2.78 bits per heavy atom. The Balaban J connectivity index is 1.38. The van der Waals surface area contributed by atoms with Crippen LogP contribution in [0, 0.1) is 0 Å². The lowest BCUT2D eigenvalue weighted by Gasteiger charge is -2.35. The minimum Gasteiger partial charge on any atom is -0.348 e. The Hall–Kier alpha value is -1.56. The molecule has 23 heavy (non-hydrogen) atoms. The molecule has 0 spiro atoms. The molecule has 1 atom stereocenters. The maximum absolute atomic E-state index is 12.3. The van der Waals surface area contributed by atoms with E-state index >= 15 is 0 Å². The van der Waals surface area contributed by atoms with E-state index in [1.807, 2.05) is 34.9 Å². The third-order valence-corrected chi connectivity index (χ3v) is 5.39. The smallest absolute Gasteiger partial charge is 0.222 e. The van der Waals surface area contributed by atoms with Crippen LogP contribution < -0.4 is 0 Å². The van der Waals surface area contributed by atoms with E-state index in [-0.39, 0.29) is 5.91 Å². The number of hydrogen-bond donors (Lipinski definition) is 0. The number of aryl methyl sites for hydroxylation is 1. The first-order chi connectivity index (χ1) is 11.2. The number of pyridine rings is 1. The summed E-state index contributed by atoms with van der Waals surface area (Å²) < 4.78 is 0. The van der Waals surface area contributed by atoms with Crippen LogP contribution in [-0.4, -0.2) is 63.8 Å². The summed E-state index contributed by atoms with van der Waals surface area (Å²) in [5.41, 5.74) is 1.07.